The molecule has 0 radical (unpaired) electrons. The second-order valence-corrected chi connectivity index (χ2v) is 6.15. The van der Waals surface area contributed by atoms with E-state index in [4.69, 9.17) is 39.5 Å². The van der Waals surface area contributed by atoms with E-state index >= 15 is 0 Å². The fourth-order valence-corrected chi connectivity index (χ4v) is 3.36. The van der Waals surface area contributed by atoms with Crippen LogP contribution in [-0.4, -0.2) is 7.11 Å². The second kappa shape index (κ2) is 6.36. The Balaban J connectivity index is 2.40. The largest absolute Gasteiger partial charge is 0.497 e. The molecule has 5 heteroatoms. The standard InChI is InChI=1S/C14H10BrCl3O/c1-19-11-2-3-12(13(18)7-11)14(15)8-4-9(16)6-10(17)5-8/h2-7,14H,1H3. The number of rotatable bonds is 3. The first-order valence-electron chi connectivity index (χ1n) is 5.44. The Morgan fingerprint density at radius 3 is 2.16 bits per heavy atom. The summed E-state index contributed by atoms with van der Waals surface area (Å²) in [5.74, 6) is 0.720. The summed E-state index contributed by atoms with van der Waals surface area (Å²) in [6, 6.07) is 11.0. The van der Waals surface area contributed by atoms with Crippen molar-refractivity contribution in [3.8, 4) is 5.75 Å². The van der Waals surface area contributed by atoms with Crippen molar-refractivity contribution in [1.82, 2.24) is 0 Å². The molecule has 0 fully saturated rings. The Morgan fingerprint density at radius 2 is 1.63 bits per heavy atom. The Kier molecular flexibility index (Phi) is 5.02. The fraction of sp³-hybridized carbons (Fsp3) is 0.143. The molecule has 1 nitrogen and oxygen atoms in total. The molecule has 0 aliphatic carbocycles. The van der Waals surface area contributed by atoms with Crippen LogP contribution in [0, 0.1) is 0 Å². The van der Waals surface area contributed by atoms with Crippen molar-refractivity contribution in [2.24, 2.45) is 0 Å². The maximum atomic E-state index is 6.26. The Bertz CT molecular complexity index is 581. The molecule has 0 heterocycles. The molecule has 0 N–H and O–H groups in total. The molecule has 1 atom stereocenters. The highest BCUT2D eigenvalue weighted by molar-refractivity contribution is 9.09. The first-order chi connectivity index (χ1) is 9.01. The highest BCUT2D eigenvalue weighted by atomic mass is 79.9. The summed E-state index contributed by atoms with van der Waals surface area (Å²) >= 11 is 21.9. The number of hydrogen-bond acceptors (Lipinski definition) is 1. The second-order valence-electron chi connectivity index (χ2n) is 3.95. The predicted octanol–water partition coefficient (Wildman–Crippen LogP) is 6.14. The summed E-state index contributed by atoms with van der Waals surface area (Å²) in [5, 5.41) is 1.81. The summed E-state index contributed by atoms with van der Waals surface area (Å²) in [7, 11) is 1.60. The molecule has 1 unspecified atom stereocenters. The fourth-order valence-electron chi connectivity index (χ4n) is 1.74. The van der Waals surface area contributed by atoms with E-state index in [-0.39, 0.29) is 4.83 Å². The van der Waals surface area contributed by atoms with Crippen LogP contribution in [0.5, 0.6) is 5.75 Å². The van der Waals surface area contributed by atoms with Gasteiger partial charge in [-0.15, -0.1) is 0 Å². The van der Waals surface area contributed by atoms with Gasteiger partial charge in [-0.2, -0.15) is 0 Å². The van der Waals surface area contributed by atoms with Gasteiger partial charge in [-0.05, 0) is 41.5 Å². The predicted molar refractivity (Wildman–Crippen MR) is 85.2 cm³/mol. The van der Waals surface area contributed by atoms with Crippen LogP contribution in [0.3, 0.4) is 0 Å². The SMILES string of the molecule is COc1ccc(C(Br)c2cc(Cl)cc(Cl)c2)c(Cl)c1. The lowest BCUT2D eigenvalue weighted by molar-refractivity contribution is 0.414. The van der Waals surface area contributed by atoms with Crippen molar-refractivity contribution < 1.29 is 4.74 Å². The van der Waals surface area contributed by atoms with Gasteiger partial charge in [-0.25, -0.2) is 0 Å². The molecule has 0 amide bonds. The van der Waals surface area contributed by atoms with Crippen LogP contribution >= 0.6 is 50.7 Å². The van der Waals surface area contributed by atoms with Crippen molar-refractivity contribution >= 4 is 50.7 Å². The quantitative estimate of drug-likeness (QED) is 0.581. The monoisotopic (exact) mass is 378 g/mol. The van der Waals surface area contributed by atoms with Gasteiger partial charge >= 0.3 is 0 Å². The third-order valence-electron chi connectivity index (χ3n) is 2.66. The van der Waals surface area contributed by atoms with E-state index in [1.165, 1.54) is 0 Å². The molecule has 0 aliphatic heterocycles. The lowest BCUT2D eigenvalue weighted by atomic mass is 10.0. The Morgan fingerprint density at radius 1 is 1.00 bits per heavy atom. The molecule has 0 spiro atoms. The van der Waals surface area contributed by atoms with E-state index < -0.39 is 0 Å². The van der Waals surface area contributed by atoms with Crippen LogP contribution in [0.15, 0.2) is 36.4 Å². The third kappa shape index (κ3) is 3.57. The molecule has 2 rings (SSSR count). The maximum Gasteiger partial charge on any atom is 0.120 e. The minimum Gasteiger partial charge on any atom is -0.497 e. The molecule has 0 aromatic heterocycles. The summed E-state index contributed by atoms with van der Waals surface area (Å²) in [5.41, 5.74) is 1.88. The van der Waals surface area contributed by atoms with Gasteiger partial charge < -0.3 is 4.74 Å². The van der Waals surface area contributed by atoms with Crippen LogP contribution in [0.25, 0.3) is 0 Å². The summed E-state index contributed by atoms with van der Waals surface area (Å²) in [6.07, 6.45) is 0. The minimum absolute atomic E-state index is 0.0814. The van der Waals surface area contributed by atoms with E-state index in [9.17, 15) is 0 Å². The van der Waals surface area contributed by atoms with Gasteiger partial charge in [0.1, 0.15) is 5.75 Å². The van der Waals surface area contributed by atoms with Crippen molar-refractivity contribution in [3.05, 3.63) is 62.6 Å². The average Bonchev–Trinajstić information content (AvgIpc) is 2.36. The summed E-state index contributed by atoms with van der Waals surface area (Å²) in [6.45, 7) is 0. The number of methoxy groups -OCH3 is 1. The number of benzene rings is 2. The molecule has 19 heavy (non-hydrogen) atoms. The smallest absolute Gasteiger partial charge is 0.120 e. The lowest BCUT2D eigenvalue weighted by Gasteiger charge is -2.14. The highest BCUT2D eigenvalue weighted by Gasteiger charge is 2.15. The van der Waals surface area contributed by atoms with Crippen LogP contribution in [-0.2, 0) is 0 Å². The van der Waals surface area contributed by atoms with Gasteiger partial charge in [0.15, 0.2) is 0 Å². The average molecular weight is 380 g/mol. The zero-order valence-electron chi connectivity index (χ0n) is 9.96. The first-order valence-corrected chi connectivity index (χ1v) is 7.49. The van der Waals surface area contributed by atoms with E-state index in [2.05, 4.69) is 15.9 Å². The molecule has 2 aromatic carbocycles. The van der Waals surface area contributed by atoms with E-state index in [0.29, 0.717) is 15.1 Å². The molecular formula is C14H10BrCl3O. The molecule has 0 aliphatic rings. The normalized spacial score (nSPS) is 12.3. The molecule has 0 saturated heterocycles. The topological polar surface area (TPSA) is 9.23 Å². The van der Waals surface area contributed by atoms with Crippen LogP contribution in [0.4, 0.5) is 0 Å². The Hall–Kier alpha value is -0.410. The van der Waals surface area contributed by atoms with Gasteiger partial charge in [-0.3, -0.25) is 0 Å². The van der Waals surface area contributed by atoms with Gasteiger partial charge in [0.25, 0.3) is 0 Å². The summed E-state index contributed by atoms with van der Waals surface area (Å²) in [4.78, 5) is -0.0814. The van der Waals surface area contributed by atoms with Crippen molar-refractivity contribution in [1.29, 1.82) is 0 Å². The van der Waals surface area contributed by atoms with Crippen LogP contribution < -0.4 is 4.74 Å². The Labute approximate surface area is 135 Å². The van der Waals surface area contributed by atoms with Crippen molar-refractivity contribution in [2.75, 3.05) is 7.11 Å². The minimum atomic E-state index is -0.0814. The number of alkyl halides is 1. The van der Waals surface area contributed by atoms with Crippen LogP contribution in [0.1, 0.15) is 16.0 Å². The zero-order chi connectivity index (χ0) is 14.0. The number of ether oxygens (including phenoxy) is 1. The summed E-state index contributed by atoms with van der Waals surface area (Å²) < 4.78 is 5.13. The molecule has 0 bridgehead atoms. The third-order valence-corrected chi connectivity index (χ3v) is 4.44. The molecule has 100 valence electrons. The number of halogens is 4. The van der Waals surface area contributed by atoms with E-state index in [1.54, 1.807) is 19.2 Å². The van der Waals surface area contributed by atoms with Gasteiger partial charge in [0.05, 0.1) is 11.9 Å². The highest BCUT2D eigenvalue weighted by Crippen LogP contribution is 2.38. The van der Waals surface area contributed by atoms with Crippen molar-refractivity contribution in [3.63, 3.8) is 0 Å². The zero-order valence-corrected chi connectivity index (χ0v) is 13.8. The van der Waals surface area contributed by atoms with Gasteiger partial charge in [0, 0.05) is 15.1 Å². The lowest BCUT2D eigenvalue weighted by Crippen LogP contribution is -1.95. The first kappa shape index (κ1) is 15.0. The van der Waals surface area contributed by atoms with Gasteiger partial charge in [0.2, 0.25) is 0 Å². The number of hydrogen-bond donors (Lipinski definition) is 0. The van der Waals surface area contributed by atoms with E-state index in [0.717, 1.165) is 16.9 Å². The van der Waals surface area contributed by atoms with Gasteiger partial charge in [-0.1, -0.05) is 56.8 Å². The van der Waals surface area contributed by atoms with Crippen LogP contribution in [0.2, 0.25) is 15.1 Å². The molecular weight excluding hydrogens is 370 g/mol. The maximum absolute atomic E-state index is 6.26. The molecule has 2 aromatic rings. The molecule has 0 saturated carbocycles. The van der Waals surface area contributed by atoms with E-state index in [1.807, 2.05) is 24.3 Å². The van der Waals surface area contributed by atoms with Crippen molar-refractivity contribution in [2.45, 2.75) is 4.83 Å².